The molecule has 0 spiro atoms. The Labute approximate surface area is 85.4 Å². The van der Waals surface area contributed by atoms with E-state index in [9.17, 15) is 14.9 Å². The van der Waals surface area contributed by atoms with E-state index in [0.717, 1.165) is 6.42 Å². The van der Waals surface area contributed by atoms with E-state index in [4.69, 9.17) is 4.42 Å². The topological polar surface area (TPSA) is 85.4 Å². The summed E-state index contributed by atoms with van der Waals surface area (Å²) in [7, 11) is 0. The number of hydrogen-bond acceptors (Lipinski definition) is 4. The summed E-state index contributed by atoms with van der Waals surface area (Å²) in [4.78, 5) is 21.6. The van der Waals surface area contributed by atoms with Gasteiger partial charge >= 0.3 is 5.88 Å². The highest BCUT2D eigenvalue weighted by atomic mass is 16.6. The largest absolute Gasteiger partial charge is 0.436 e. The second kappa shape index (κ2) is 3.38. The molecule has 0 atom stereocenters. The average molecular weight is 210 g/mol. The van der Waals surface area contributed by atoms with Crippen LogP contribution < -0.4 is 5.32 Å². The molecular formula is C9H10N2O4. The van der Waals surface area contributed by atoms with Crippen molar-refractivity contribution < 1.29 is 14.1 Å². The predicted octanol–water partition coefficient (Wildman–Crippen LogP) is 1.17. The Bertz CT molecular complexity index is 436. The third-order valence-corrected chi connectivity index (χ3v) is 2.45. The molecule has 1 aromatic heterocycles. The molecule has 1 aromatic rings. The summed E-state index contributed by atoms with van der Waals surface area (Å²) < 4.78 is 5.09. The van der Waals surface area contributed by atoms with Crippen molar-refractivity contribution in [1.82, 2.24) is 5.32 Å². The second-order valence-electron chi connectivity index (χ2n) is 3.45. The Morgan fingerprint density at radius 2 is 2.27 bits per heavy atom. The number of carbonyl (C=O) groups excluding carboxylic acids is 1. The van der Waals surface area contributed by atoms with E-state index in [-0.39, 0.29) is 11.8 Å². The molecule has 1 aliphatic heterocycles. The third-order valence-electron chi connectivity index (χ3n) is 2.45. The molecule has 0 bridgehead atoms. The van der Waals surface area contributed by atoms with E-state index >= 15 is 0 Å². The van der Waals surface area contributed by atoms with E-state index in [1.54, 1.807) is 0 Å². The molecule has 0 aromatic carbocycles. The molecule has 0 radical (unpaired) electrons. The van der Waals surface area contributed by atoms with E-state index in [1.807, 2.05) is 0 Å². The number of carbonyl (C=O) groups is 1. The molecule has 1 N–H and O–H groups in total. The molecule has 0 aliphatic carbocycles. The molecule has 80 valence electrons. The molecule has 0 unspecified atom stereocenters. The van der Waals surface area contributed by atoms with Gasteiger partial charge in [-0.15, -0.1) is 0 Å². The van der Waals surface area contributed by atoms with Crippen LogP contribution in [0.5, 0.6) is 0 Å². The average Bonchev–Trinajstić information content (AvgIpc) is 2.38. The normalized spacial score (nSPS) is 15.4. The van der Waals surface area contributed by atoms with Crippen LogP contribution in [0.3, 0.4) is 0 Å². The molecule has 2 rings (SSSR count). The van der Waals surface area contributed by atoms with Gasteiger partial charge in [-0.05, 0) is 13.3 Å². The van der Waals surface area contributed by atoms with Gasteiger partial charge in [0.2, 0.25) is 0 Å². The van der Waals surface area contributed by atoms with Gasteiger partial charge in [0.05, 0.1) is 11.1 Å². The van der Waals surface area contributed by atoms with Crippen molar-refractivity contribution in [3.8, 4) is 0 Å². The highest BCUT2D eigenvalue weighted by Crippen LogP contribution is 2.30. The number of nitrogens with one attached hydrogen (secondary N) is 1. The first kappa shape index (κ1) is 9.70. The van der Waals surface area contributed by atoms with Gasteiger partial charge in [0.25, 0.3) is 5.91 Å². The zero-order valence-corrected chi connectivity index (χ0v) is 8.20. The third kappa shape index (κ3) is 1.47. The summed E-state index contributed by atoms with van der Waals surface area (Å²) in [6.07, 6.45) is 1.30. The van der Waals surface area contributed by atoms with Crippen LogP contribution in [0.15, 0.2) is 4.42 Å². The molecule has 6 heteroatoms. The number of hydrogen-bond donors (Lipinski definition) is 1. The maximum Gasteiger partial charge on any atom is 0.436 e. The Balaban J connectivity index is 2.56. The van der Waals surface area contributed by atoms with Gasteiger partial charge in [0, 0.05) is 13.0 Å². The van der Waals surface area contributed by atoms with Crippen molar-refractivity contribution in [3.63, 3.8) is 0 Å². The zero-order valence-electron chi connectivity index (χ0n) is 8.20. The first-order valence-electron chi connectivity index (χ1n) is 4.66. The van der Waals surface area contributed by atoms with Crippen LogP contribution in [0.1, 0.15) is 28.1 Å². The number of rotatable bonds is 1. The fourth-order valence-corrected chi connectivity index (χ4v) is 1.75. The summed E-state index contributed by atoms with van der Waals surface area (Å²) in [5, 5.41) is 13.3. The van der Waals surface area contributed by atoms with Gasteiger partial charge < -0.3 is 9.73 Å². The lowest BCUT2D eigenvalue weighted by Gasteiger charge is -1.97. The lowest BCUT2D eigenvalue weighted by molar-refractivity contribution is -0.403. The molecule has 1 amide bonds. The van der Waals surface area contributed by atoms with Crippen molar-refractivity contribution in [3.05, 3.63) is 27.0 Å². The van der Waals surface area contributed by atoms with Gasteiger partial charge in [-0.1, -0.05) is 0 Å². The Kier molecular flexibility index (Phi) is 2.18. The SMILES string of the molecule is Cc1c([N+](=O)[O-])oc2c1C(=O)NCCC2. The smallest absolute Gasteiger partial charge is 0.405 e. The zero-order chi connectivity index (χ0) is 11.0. The molecule has 2 heterocycles. The number of amides is 1. The quantitative estimate of drug-likeness (QED) is 0.557. The van der Waals surface area contributed by atoms with Gasteiger partial charge in [0.15, 0.2) is 0 Å². The summed E-state index contributed by atoms with van der Waals surface area (Å²) >= 11 is 0. The minimum atomic E-state index is -0.600. The minimum absolute atomic E-state index is 0.281. The van der Waals surface area contributed by atoms with E-state index < -0.39 is 4.92 Å². The van der Waals surface area contributed by atoms with Crippen molar-refractivity contribution in [1.29, 1.82) is 0 Å². The lowest BCUT2D eigenvalue weighted by atomic mass is 10.1. The predicted molar refractivity (Wildman–Crippen MR) is 50.8 cm³/mol. The summed E-state index contributed by atoms with van der Waals surface area (Å²) in [6.45, 7) is 2.11. The Morgan fingerprint density at radius 3 is 2.93 bits per heavy atom. The second-order valence-corrected chi connectivity index (χ2v) is 3.45. The van der Waals surface area contributed by atoms with Crippen LogP contribution in [0.2, 0.25) is 0 Å². The minimum Gasteiger partial charge on any atom is -0.405 e. The molecule has 6 nitrogen and oxygen atoms in total. The lowest BCUT2D eigenvalue weighted by Crippen LogP contribution is -2.22. The van der Waals surface area contributed by atoms with Crippen LogP contribution in [-0.4, -0.2) is 17.4 Å². The molecule has 15 heavy (non-hydrogen) atoms. The molecule has 1 aliphatic rings. The summed E-state index contributed by atoms with van der Waals surface area (Å²) in [5.74, 6) is -0.178. The number of aryl methyl sites for hydroxylation is 1. The Hall–Kier alpha value is -1.85. The highest BCUT2D eigenvalue weighted by Gasteiger charge is 2.30. The fourth-order valence-electron chi connectivity index (χ4n) is 1.75. The van der Waals surface area contributed by atoms with Gasteiger partial charge in [-0.3, -0.25) is 14.9 Å². The van der Waals surface area contributed by atoms with Gasteiger partial charge in [0.1, 0.15) is 10.7 Å². The van der Waals surface area contributed by atoms with Crippen molar-refractivity contribution in [2.24, 2.45) is 0 Å². The van der Waals surface area contributed by atoms with Crippen LogP contribution in [0.25, 0.3) is 0 Å². The van der Waals surface area contributed by atoms with Crippen molar-refractivity contribution in [2.45, 2.75) is 19.8 Å². The molecule has 0 saturated carbocycles. The van der Waals surface area contributed by atoms with E-state index in [0.29, 0.717) is 29.9 Å². The molecule has 0 saturated heterocycles. The van der Waals surface area contributed by atoms with E-state index in [1.165, 1.54) is 6.92 Å². The fraction of sp³-hybridized carbons (Fsp3) is 0.444. The van der Waals surface area contributed by atoms with Crippen LogP contribution >= 0.6 is 0 Å². The first-order valence-corrected chi connectivity index (χ1v) is 4.66. The summed E-state index contributed by atoms with van der Waals surface area (Å²) in [5.41, 5.74) is 0.647. The number of fused-ring (bicyclic) bond motifs is 1. The number of furan rings is 1. The van der Waals surface area contributed by atoms with Gasteiger partial charge in [-0.2, -0.15) is 0 Å². The monoisotopic (exact) mass is 210 g/mol. The number of nitrogens with zero attached hydrogens (tertiary/aromatic N) is 1. The van der Waals surface area contributed by atoms with E-state index in [2.05, 4.69) is 5.32 Å². The van der Waals surface area contributed by atoms with Crippen molar-refractivity contribution >= 4 is 11.8 Å². The van der Waals surface area contributed by atoms with Crippen LogP contribution in [-0.2, 0) is 6.42 Å². The standard InChI is InChI=1S/C9H10N2O4/c1-5-7-6(15-9(5)11(13)14)3-2-4-10-8(7)12/h2-4H2,1H3,(H,10,12). The highest BCUT2D eigenvalue weighted by molar-refractivity contribution is 5.97. The number of nitro groups is 1. The Morgan fingerprint density at radius 1 is 1.53 bits per heavy atom. The maximum absolute atomic E-state index is 11.6. The first-order chi connectivity index (χ1) is 7.11. The van der Waals surface area contributed by atoms with Gasteiger partial charge in [-0.25, -0.2) is 0 Å². The molecular weight excluding hydrogens is 200 g/mol. The maximum atomic E-state index is 11.6. The summed E-state index contributed by atoms with van der Waals surface area (Å²) in [6, 6.07) is 0. The van der Waals surface area contributed by atoms with Crippen LogP contribution in [0, 0.1) is 17.0 Å². The van der Waals surface area contributed by atoms with Crippen LogP contribution in [0.4, 0.5) is 5.88 Å². The molecule has 0 fully saturated rings. The van der Waals surface area contributed by atoms with Crippen molar-refractivity contribution in [2.75, 3.05) is 6.54 Å².